The first-order chi connectivity index (χ1) is 18.1. The molecule has 1 saturated heterocycles. The Kier molecular flexibility index (Phi) is 8.22. The van der Waals surface area contributed by atoms with Gasteiger partial charge in [0, 0.05) is 18.8 Å². The van der Waals surface area contributed by atoms with Gasteiger partial charge in [0.1, 0.15) is 11.5 Å². The fourth-order valence-corrected chi connectivity index (χ4v) is 4.01. The van der Waals surface area contributed by atoms with E-state index in [1.807, 2.05) is 60.7 Å². The summed E-state index contributed by atoms with van der Waals surface area (Å²) in [6.07, 6.45) is 0. The first-order valence-corrected chi connectivity index (χ1v) is 12.7. The molecule has 1 fully saturated rings. The first-order valence-electron chi connectivity index (χ1n) is 12.7. The van der Waals surface area contributed by atoms with Gasteiger partial charge in [-0.15, -0.1) is 0 Å². The normalized spacial score (nSPS) is 13.9. The van der Waals surface area contributed by atoms with E-state index in [1.54, 1.807) is 45.9 Å². The molecule has 1 aliphatic rings. The van der Waals surface area contributed by atoms with Crippen LogP contribution >= 0.6 is 0 Å². The van der Waals surface area contributed by atoms with E-state index in [4.69, 9.17) is 14.2 Å². The van der Waals surface area contributed by atoms with Crippen molar-refractivity contribution in [3.63, 3.8) is 0 Å². The van der Waals surface area contributed by atoms with Crippen LogP contribution < -0.4 is 25.0 Å². The highest BCUT2D eigenvalue weighted by molar-refractivity contribution is 6.02. The molecule has 200 valence electrons. The van der Waals surface area contributed by atoms with E-state index >= 15 is 0 Å². The van der Waals surface area contributed by atoms with Crippen LogP contribution in [0.15, 0.2) is 78.9 Å². The summed E-state index contributed by atoms with van der Waals surface area (Å²) in [5.41, 5.74) is -0.321. The number of nitrogens with zero attached hydrogens (tertiary/aromatic N) is 1. The summed E-state index contributed by atoms with van der Waals surface area (Å²) in [6, 6.07) is 23.9. The molecule has 0 unspecified atom stereocenters. The Morgan fingerprint density at radius 1 is 0.737 bits per heavy atom. The van der Waals surface area contributed by atoms with Crippen LogP contribution in [0.5, 0.6) is 11.5 Å². The Bertz CT molecular complexity index is 1240. The number of hydrogen-bond acceptors (Lipinski definition) is 6. The summed E-state index contributed by atoms with van der Waals surface area (Å²) in [6.45, 7) is 9.44. The molecular weight excluding hydrogens is 482 g/mol. The number of carbonyl (C=O) groups excluding carboxylic acids is 2. The molecule has 3 aromatic rings. The van der Waals surface area contributed by atoms with Gasteiger partial charge in [-0.2, -0.15) is 0 Å². The number of carbonyl (C=O) groups is 2. The number of amides is 2. The zero-order chi connectivity index (χ0) is 27.2. The van der Waals surface area contributed by atoms with E-state index < -0.39 is 11.2 Å². The molecule has 1 aliphatic heterocycles. The quantitative estimate of drug-likeness (QED) is 0.410. The van der Waals surface area contributed by atoms with E-state index in [1.165, 1.54) is 0 Å². The second kappa shape index (κ2) is 11.6. The van der Waals surface area contributed by atoms with Crippen molar-refractivity contribution in [1.29, 1.82) is 0 Å². The fourth-order valence-electron chi connectivity index (χ4n) is 4.01. The Morgan fingerprint density at radius 3 is 1.76 bits per heavy atom. The summed E-state index contributed by atoms with van der Waals surface area (Å²) in [5, 5.41) is 5.97. The summed E-state index contributed by atoms with van der Waals surface area (Å²) in [4.78, 5) is 28.7. The van der Waals surface area contributed by atoms with Crippen molar-refractivity contribution in [2.75, 3.05) is 41.8 Å². The highest BCUT2D eigenvalue weighted by Gasteiger charge is 2.32. The van der Waals surface area contributed by atoms with Crippen LogP contribution in [0.3, 0.4) is 0 Å². The van der Waals surface area contributed by atoms with Gasteiger partial charge in [-0.3, -0.25) is 9.59 Å². The van der Waals surface area contributed by atoms with E-state index in [0.717, 1.165) is 5.69 Å². The number of ether oxygens (including phenoxy) is 3. The predicted octanol–water partition coefficient (Wildman–Crippen LogP) is 5.12. The van der Waals surface area contributed by atoms with Gasteiger partial charge >= 0.3 is 0 Å². The van der Waals surface area contributed by atoms with E-state index in [-0.39, 0.29) is 11.8 Å². The van der Waals surface area contributed by atoms with Crippen molar-refractivity contribution in [3.05, 3.63) is 78.9 Å². The topological polar surface area (TPSA) is 89.1 Å². The maximum absolute atomic E-state index is 13.4. The Hall–Kier alpha value is -4.04. The first kappa shape index (κ1) is 27.0. The highest BCUT2D eigenvalue weighted by Crippen LogP contribution is 2.32. The number of hydrogen-bond donors (Lipinski definition) is 2. The van der Waals surface area contributed by atoms with Crippen LogP contribution in [0.4, 0.5) is 17.1 Å². The molecule has 0 aromatic heterocycles. The molecule has 8 heteroatoms. The van der Waals surface area contributed by atoms with Crippen molar-refractivity contribution in [3.8, 4) is 11.5 Å². The van der Waals surface area contributed by atoms with Crippen molar-refractivity contribution in [1.82, 2.24) is 0 Å². The minimum Gasteiger partial charge on any atom is -0.478 e. The molecule has 3 aromatic carbocycles. The molecule has 2 amide bonds. The Morgan fingerprint density at radius 2 is 1.24 bits per heavy atom. The largest absolute Gasteiger partial charge is 0.478 e. The third-order valence-electron chi connectivity index (χ3n) is 6.18. The number of rotatable bonds is 9. The minimum absolute atomic E-state index is 0.313. The summed E-state index contributed by atoms with van der Waals surface area (Å²) >= 11 is 0. The molecule has 2 N–H and O–H groups in total. The molecule has 8 nitrogen and oxygen atoms in total. The van der Waals surface area contributed by atoms with Gasteiger partial charge in [-0.05, 0) is 70.2 Å². The van der Waals surface area contributed by atoms with Crippen molar-refractivity contribution < 1.29 is 23.8 Å². The third-order valence-corrected chi connectivity index (χ3v) is 6.18. The van der Waals surface area contributed by atoms with Gasteiger partial charge in [0.05, 0.1) is 24.6 Å². The van der Waals surface area contributed by atoms with Gasteiger partial charge < -0.3 is 29.7 Å². The number of benzene rings is 3. The van der Waals surface area contributed by atoms with Gasteiger partial charge in [-0.25, -0.2) is 0 Å². The van der Waals surface area contributed by atoms with E-state index in [0.29, 0.717) is 49.2 Å². The molecule has 38 heavy (non-hydrogen) atoms. The Labute approximate surface area is 223 Å². The van der Waals surface area contributed by atoms with Crippen molar-refractivity contribution in [2.24, 2.45) is 0 Å². The van der Waals surface area contributed by atoms with E-state index in [9.17, 15) is 9.59 Å². The number of nitrogens with one attached hydrogen (secondary N) is 2. The molecule has 0 spiro atoms. The molecule has 1 heterocycles. The zero-order valence-corrected chi connectivity index (χ0v) is 22.3. The lowest BCUT2D eigenvalue weighted by Gasteiger charge is -2.32. The number of anilines is 3. The van der Waals surface area contributed by atoms with Crippen LogP contribution in [0.1, 0.15) is 27.7 Å². The molecule has 0 radical (unpaired) electrons. The monoisotopic (exact) mass is 517 g/mol. The zero-order valence-electron chi connectivity index (χ0n) is 22.3. The lowest BCUT2D eigenvalue weighted by molar-refractivity contribution is -0.129. The second-order valence-corrected chi connectivity index (χ2v) is 10.1. The SMILES string of the molecule is CC(C)(Oc1ccccc1)C(=O)Nc1ccc(N2CCOCC2)c(NC(=O)C(C)(C)Oc2ccccc2)c1. The summed E-state index contributed by atoms with van der Waals surface area (Å²) in [5.74, 6) is 0.573. The van der Waals surface area contributed by atoms with Gasteiger partial charge in [-0.1, -0.05) is 36.4 Å². The standard InChI is InChI=1S/C30H35N3O5/c1-29(2,37-23-11-7-5-8-12-23)27(34)31-22-15-16-26(33-17-19-36-20-18-33)25(21-22)32-28(35)30(3,4)38-24-13-9-6-10-14-24/h5-16,21H,17-20H2,1-4H3,(H,31,34)(H,32,35). The van der Waals surface area contributed by atoms with Gasteiger partial charge in [0.25, 0.3) is 11.8 Å². The van der Waals surface area contributed by atoms with Crippen LogP contribution in [0, 0.1) is 0 Å². The number of para-hydroxylation sites is 2. The van der Waals surface area contributed by atoms with Crippen LogP contribution in [-0.4, -0.2) is 49.3 Å². The molecular formula is C30H35N3O5. The highest BCUT2D eigenvalue weighted by atomic mass is 16.5. The third kappa shape index (κ3) is 6.83. The smallest absolute Gasteiger partial charge is 0.268 e. The summed E-state index contributed by atoms with van der Waals surface area (Å²) < 4.78 is 17.4. The van der Waals surface area contributed by atoms with Crippen LogP contribution in [0.2, 0.25) is 0 Å². The van der Waals surface area contributed by atoms with Gasteiger partial charge in [0.2, 0.25) is 0 Å². The Balaban J connectivity index is 1.55. The lowest BCUT2D eigenvalue weighted by Crippen LogP contribution is -2.43. The van der Waals surface area contributed by atoms with Crippen LogP contribution in [-0.2, 0) is 14.3 Å². The second-order valence-electron chi connectivity index (χ2n) is 10.1. The van der Waals surface area contributed by atoms with Gasteiger partial charge in [0.15, 0.2) is 11.2 Å². The molecule has 4 rings (SSSR count). The molecule has 0 bridgehead atoms. The average Bonchev–Trinajstić information content (AvgIpc) is 2.90. The van der Waals surface area contributed by atoms with Crippen molar-refractivity contribution >= 4 is 28.9 Å². The molecule has 0 saturated carbocycles. The van der Waals surface area contributed by atoms with Crippen LogP contribution in [0.25, 0.3) is 0 Å². The predicted molar refractivity (Wildman–Crippen MR) is 149 cm³/mol. The minimum atomic E-state index is -1.14. The molecule has 0 aliphatic carbocycles. The average molecular weight is 518 g/mol. The number of morpholine rings is 1. The van der Waals surface area contributed by atoms with E-state index in [2.05, 4.69) is 15.5 Å². The summed E-state index contributed by atoms with van der Waals surface area (Å²) in [7, 11) is 0. The molecule has 0 atom stereocenters. The maximum atomic E-state index is 13.4. The maximum Gasteiger partial charge on any atom is 0.268 e. The van der Waals surface area contributed by atoms with Crippen molar-refractivity contribution in [2.45, 2.75) is 38.9 Å². The fraction of sp³-hybridized carbons (Fsp3) is 0.333. The lowest BCUT2D eigenvalue weighted by atomic mass is 10.1.